The Morgan fingerprint density at radius 2 is 1.85 bits per heavy atom. The molecule has 2 aromatic carbocycles. The molecule has 0 N–H and O–H groups in total. The van der Waals surface area contributed by atoms with E-state index in [4.69, 9.17) is 9.57 Å². The smallest absolute Gasteiger partial charge is 0.353 e. The van der Waals surface area contributed by atoms with Gasteiger partial charge in [0.1, 0.15) is 11.8 Å². The van der Waals surface area contributed by atoms with Crippen LogP contribution >= 0.6 is 0 Å². The molecule has 132 valence electrons. The lowest BCUT2D eigenvalue weighted by molar-refractivity contribution is -0.143. The molecule has 3 aromatic rings. The number of esters is 1. The predicted octanol–water partition coefficient (Wildman–Crippen LogP) is 3.83. The Labute approximate surface area is 150 Å². The highest BCUT2D eigenvalue weighted by molar-refractivity contribution is 5.95. The molecule has 1 aliphatic rings. The van der Waals surface area contributed by atoms with Crippen LogP contribution in [-0.2, 0) is 9.63 Å². The number of aryl methyl sites for hydroxylation is 1. The maximum atomic E-state index is 12.7. The highest BCUT2D eigenvalue weighted by Crippen LogP contribution is 2.37. The SMILES string of the molecule is CON1C(=O)n2c(cc3ccccc32)C1CC(=O)Oc1ccc(C)cc1. The van der Waals surface area contributed by atoms with Crippen LogP contribution in [0, 0.1) is 6.92 Å². The van der Waals surface area contributed by atoms with E-state index >= 15 is 0 Å². The summed E-state index contributed by atoms with van der Waals surface area (Å²) in [6.07, 6.45) is 0.00375. The minimum atomic E-state index is -0.530. The van der Waals surface area contributed by atoms with Gasteiger partial charge in [-0.05, 0) is 31.2 Å². The maximum absolute atomic E-state index is 12.7. The van der Waals surface area contributed by atoms with Crippen LogP contribution in [0.4, 0.5) is 4.79 Å². The molecule has 1 aliphatic heterocycles. The van der Waals surface area contributed by atoms with Gasteiger partial charge in [-0.1, -0.05) is 35.9 Å². The van der Waals surface area contributed by atoms with Crippen molar-refractivity contribution < 1.29 is 19.2 Å². The van der Waals surface area contributed by atoms with E-state index in [1.54, 1.807) is 16.7 Å². The van der Waals surface area contributed by atoms with E-state index in [1.807, 2.05) is 49.4 Å². The largest absolute Gasteiger partial charge is 0.426 e. The lowest BCUT2D eigenvalue weighted by Gasteiger charge is -2.20. The van der Waals surface area contributed by atoms with Crippen molar-refractivity contribution in [1.29, 1.82) is 0 Å². The summed E-state index contributed by atoms with van der Waals surface area (Å²) in [4.78, 5) is 30.4. The topological polar surface area (TPSA) is 60.8 Å². The number of hydrogen-bond donors (Lipinski definition) is 0. The van der Waals surface area contributed by atoms with Crippen LogP contribution < -0.4 is 4.74 Å². The van der Waals surface area contributed by atoms with Crippen molar-refractivity contribution in [3.8, 4) is 5.75 Å². The van der Waals surface area contributed by atoms with Crippen LogP contribution in [0.2, 0.25) is 0 Å². The van der Waals surface area contributed by atoms with Crippen LogP contribution in [0.3, 0.4) is 0 Å². The van der Waals surface area contributed by atoms with E-state index in [0.29, 0.717) is 5.75 Å². The molecule has 0 saturated heterocycles. The second-order valence-electron chi connectivity index (χ2n) is 6.26. The van der Waals surface area contributed by atoms with Crippen LogP contribution in [0.25, 0.3) is 10.9 Å². The van der Waals surface area contributed by atoms with Gasteiger partial charge in [-0.25, -0.2) is 4.79 Å². The molecular formula is C20H18N2O4. The summed E-state index contributed by atoms with van der Waals surface area (Å²) in [5.74, 6) is 0.0573. The number of carbonyl (C=O) groups is 2. The first-order valence-corrected chi connectivity index (χ1v) is 8.34. The highest BCUT2D eigenvalue weighted by atomic mass is 16.7. The van der Waals surface area contributed by atoms with Gasteiger partial charge >= 0.3 is 12.0 Å². The molecule has 0 spiro atoms. The predicted molar refractivity (Wildman–Crippen MR) is 95.8 cm³/mol. The van der Waals surface area contributed by atoms with Gasteiger partial charge in [0.25, 0.3) is 0 Å². The number of carbonyl (C=O) groups excluding carboxylic acids is 2. The number of benzene rings is 2. The second kappa shape index (κ2) is 6.31. The normalized spacial score (nSPS) is 16.2. The summed E-state index contributed by atoms with van der Waals surface area (Å²) >= 11 is 0. The standard InChI is InChI=1S/C20H18N2O4/c1-13-7-9-15(10-8-13)26-19(23)12-18-17-11-14-5-3-4-6-16(14)21(17)20(24)22(18)25-2/h3-11,18H,12H2,1-2H3. The summed E-state index contributed by atoms with van der Waals surface area (Å²) in [6.45, 7) is 1.96. The third-order valence-corrected chi connectivity index (χ3v) is 4.55. The molecule has 1 aromatic heterocycles. The Balaban J connectivity index is 1.62. The molecule has 0 bridgehead atoms. The summed E-state index contributed by atoms with van der Waals surface area (Å²) < 4.78 is 6.99. The van der Waals surface area contributed by atoms with Gasteiger partial charge < -0.3 is 4.74 Å². The number of hydroxylamine groups is 2. The van der Waals surface area contributed by atoms with Crippen LogP contribution in [0.1, 0.15) is 23.7 Å². The van der Waals surface area contributed by atoms with Crippen LogP contribution in [0.5, 0.6) is 5.75 Å². The minimum absolute atomic E-state index is 0.00375. The third-order valence-electron chi connectivity index (χ3n) is 4.55. The molecular weight excluding hydrogens is 332 g/mol. The molecule has 6 heteroatoms. The summed E-state index contributed by atoms with van der Waals surface area (Å²) in [6, 6.07) is 15.9. The Hall–Kier alpha value is -3.12. The second-order valence-corrected chi connectivity index (χ2v) is 6.26. The van der Waals surface area contributed by atoms with Gasteiger partial charge in [0.2, 0.25) is 0 Å². The van der Waals surface area contributed by atoms with E-state index in [1.165, 1.54) is 12.2 Å². The zero-order valence-electron chi connectivity index (χ0n) is 14.5. The summed E-state index contributed by atoms with van der Waals surface area (Å²) in [7, 11) is 1.42. The lowest BCUT2D eigenvalue weighted by Crippen LogP contribution is -2.30. The lowest BCUT2D eigenvalue weighted by atomic mass is 10.1. The first kappa shape index (κ1) is 16.4. The Morgan fingerprint density at radius 3 is 2.58 bits per heavy atom. The van der Waals surface area contributed by atoms with Crippen molar-refractivity contribution >= 4 is 22.9 Å². The van der Waals surface area contributed by atoms with Gasteiger partial charge in [0.15, 0.2) is 0 Å². The molecule has 0 fully saturated rings. The van der Waals surface area contributed by atoms with E-state index in [-0.39, 0.29) is 12.5 Å². The number of fused-ring (bicyclic) bond motifs is 3. The fraction of sp³-hybridized carbons (Fsp3) is 0.200. The van der Waals surface area contributed by atoms with Crippen molar-refractivity contribution in [2.75, 3.05) is 7.11 Å². The number of nitrogens with zero attached hydrogens (tertiary/aromatic N) is 2. The van der Waals surface area contributed by atoms with Gasteiger partial charge in [-0.15, -0.1) is 0 Å². The van der Waals surface area contributed by atoms with Gasteiger partial charge in [0.05, 0.1) is 24.7 Å². The van der Waals surface area contributed by atoms with Crippen molar-refractivity contribution in [2.24, 2.45) is 0 Å². The molecule has 4 rings (SSSR count). The summed E-state index contributed by atoms with van der Waals surface area (Å²) in [5, 5.41) is 2.17. The van der Waals surface area contributed by atoms with E-state index in [2.05, 4.69) is 0 Å². The molecule has 1 amide bonds. The number of ether oxygens (including phenoxy) is 1. The fourth-order valence-corrected chi connectivity index (χ4v) is 3.32. The Kier molecular flexibility index (Phi) is 3.97. The molecule has 0 radical (unpaired) electrons. The van der Waals surface area contributed by atoms with Crippen molar-refractivity contribution in [2.45, 2.75) is 19.4 Å². The van der Waals surface area contributed by atoms with Crippen molar-refractivity contribution in [3.63, 3.8) is 0 Å². The Morgan fingerprint density at radius 1 is 1.12 bits per heavy atom. The van der Waals surface area contributed by atoms with Gasteiger partial charge in [0, 0.05) is 5.39 Å². The molecule has 6 nitrogen and oxygen atoms in total. The molecule has 1 unspecified atom stereocenters. The number of rotatable bonds is 4. The molecule has 0 saturated carbocycles. The number of para-hydroxylation sites is 1. The molecule has 0 aliphatic carbocycles. The zero-order chi connectivity index (χ0) is 18.3. The average Bonchev–Trinajstić information content (AvgIpc) is 3.13. The first-order valence-electron chi connectivity index (χ1n) is 8.34. The number of amides is 1. The van der Waals surface area contributed by atoms with Gasteiger partial charge in [-0.2, -0.15) is 5.06 Å². The zero-order valence-corrected chi connectivity index (χ0v) is 14.5. The maximum Gasteiger partial charge on any atom is 0.353 e. The minimum Gasteiger partial charge on any atom is -0.426 e. The first-order chi connectivity index (χ1) is 12.6. The monoisotopic (exact) mass is 350 g/mol. The third kappa shape index (κ3) is 2.64. The number of aromatic nitrogens is 1. The average molecular weight is 350 g/mol. The van der Waals surface area contributed by atoms with E-state index < -0.39 is 12.0 Å². The van der Waals surface area contributed by atoms with Crippen molar-refractivity contribution in [1.82, 2.24) is 9.63 Å². The Bertz CT molecular complexity index is 991. The summed E-state index contributed by atoms with van der Waals surface area (Å²) in [5.41, 5.74) is 2.60. The fourth-order valence-electron chi connectivity index (χ4n) is 3.32. The number of hydrogen-bond acceptors (Lipinski definition) is 4. The quantitative estimate of drug-likeness (QED) is 0.530. The van der Waals surface area contributed by atoms with E-state index in [0.717, 1.165) is 22.2 Å². The molecule has 2 heterocycles. The van der Waals surface area contributed by atoms with Crippen LogP contribution in [0.15, 0.2) is 54.6 Å². The molecule has 1 atom stereocenters. The van der Waals surface area contributed by atoms with Crippen molar-refractivity contribution in [3.05, 3.63) is 65.9 Å². The van der Waals surface area contributed by atoms with E-state index in [9.17, 15) is 9.59 Å². The highest BCUT2D eigenvalue weighted by Gasteiger charge is 2.40. The molecule has 26 heavy (non-hydrogen) atoms. The van der Waals surface area contributed by atoms with Crippen LogP contribution in [-0.4, -0.2) is 28.7 Å². The van der Waals surface area contributed by atoms with Gasteiger partial charge in [-0.3, -0.25) is 14.2 Å².